The van der Waals surface area contributed by atoms with E-state index in [0.717, 1.165) is 0 Å². The summed E-state index contributed by atoms with van der Waals surface area (Å²) in [6, 6.07) is 0. The monoisotopic (exact) mass is 140 g/mol. The smallest absolute Gasteiger partial charge is 0.0102 e. The zero-order valence-corrected chi connectivity index (χ0v) is 6.34. The molecule has 0 aliphatic carbocycles. The molecular weight excluding hydrogens is 128 g/mol. The summed E-state index contributed by atoms with van der Waals surface area (Å²) in [7, 11) is 0. The lowest BCUT2D eigenvalue weighted by Gasteiger charge is -2.03. The van der Waals surface area contributed by atoms with E-state index in [1.54, 1.807) is 0 Å². The van der Waals surface area contributed by atoms with Gasteiger partial charge >= 0.3 is 0 Å². The van der Waals surface area contributed by atoms with Crippen LogP contribution in [0.2, 0.25) is 0 Å². The van der Waals surface area contributed by atoms with Gasteiger partial charge in [0.15, 0.2) is 0 Å². The molecule has 3 heteroatoms. The number of hydrogen-bond acceptors (Lipinski definition) is 2. The standard InChI is InChI=1S/C4H10S2.H2O/c1-3(5)4(2)6;/h3-6H,1-2H3;1H2. The van der Waals surface area contributed by atoms with Gasteiger partial charge in [-0.1, -0.05) is 13.8 Å². The zero-order valence-electron chi connectivity index (χ0n) is 4.55. The molecule has 0 saturated heterocycles. The van der Waals surface area contributed by atoms with Gasteiger partial charge in [-0.05, 0) is 0 Å². The third-order valence-corrected chi connectivity index (χ3v) is 1.83. The Labute approximate surface area is 55.6 Å². The molecular formula is C4H12OS2. The molecule has 1 nitrogen and oxygen atoms in total. The van der Waals surface area contributed by atoms with Crippen LogP contribution in [0, 0.1) is 0 Å². The number of hydrogen-bond donors (Lipinski definition) is 2. The third kappa shape index (κ3) is 6.66. The van der Waals surface area contributed by atoms with Crippen molar-refractivity contribution in [2.75, 3.05) is 0 Å². The highest BCUT2D eigenvalue weighted by atomic mass is 32.1. The predicted molar refractivity (Wildman–Crippen MR) is 40.5 cm³/mol. The first-order valence-corrected chi connectivity index (χ1v) is 3.04. The lowest BCUT2D eigenvalue weighted by Crippen LogP contribution is -2.04. The van der Waals surface area contributed by atoms with Crippen LogP contribution < -0.4 is 0 Å². The lowest BCUT2D eigenvalue weighted by molar-refractivity contribution is 0.824. The van der Waals surface area contributed by atoms with Crippen molar-refractivity contribution in [1.82, 2.24) is 0 Å². The quantitative estimate of drug-likeness (QED) is 0.505. The molecule has 0 spiro atoms. The lowest BCUT2D eigenvalue weighted by atomic mass is 10.4. The molecule has 0 fully saturated rings. The molecule has 2 N–H and O–H groups in total. The molecule has 0 radical (unpaired) electrons. The van der Waals surface area contributed by atoms with Gasteiger partial charge in [0.2, 0.25) is 0 Å². The Morgan fingerprint density at radius 3 is 1.14 bits per heavy atom. The summed E-state index contributed by atoms with van der Waals surface area (Å²) in [5.41, 5.74) is 0. The number of thiol groups is 2. The summed E-state index contributed by atoms with van der Waals surface area (Å²) < 4.78 is 0. The molecule has 0 saturated carbocycles. The van der Waals surface area contributed by atoms with Crippen LogP contribution in [0.25, 0.3) is 0 Å². The van der Waals surface area contributed by atoms with Gasteiger partial charge < -0.3 is 5.48 Å². The summed E-state index contributed by atoms with van der Waals surface area (Å²) in [4.78, 5) is 0. The van der Waals surface area contributed by atoms with Gasteiger partial charge in [0.1, 0.15) is 0 Å². The summed E-state index contributed by atoms with van der Waals surface area (Å²) in [6.07, 6.45) is 0. The SMILES string of the molecule is CC(S)C(C)S.O. The molecule has 0 rings (SSSR count). The van der Waals surface area contributed by atoms with Crippen molar-refractivity contribution in [3.8, 4) is 0 Å². The Morgan fingerprint density at radius 2 is 1.14 bits per heavy atom. The molecule has 0 aromatic rings. The fourth-order valence-corrected chi connectivity index (χ4v) is 0. The fraction of sp³-hybridized carbons (Fsp3) is 1.00. The van der Waals surface area contributed by atoms with Crippen molar-refractivity contribution in [2.45, 2.75) is 24.3 Å². The molecule has 0 aliphatic rings. The fourth-order valence-electron chi connectivity index (χ4n) is 0. The normalized spacial score (nSPS) is 17.1. The Hall–Kier alpha value is 0.660. The van der Waals surface area contributed by atoms with Crippen molar-refractivity contribution < 1.29 is 5.48 Å². The minimum absolute atomic E-state index is 0. The Kier molecular flexibility index (Phi) is 7.29. The van der Waals surface area contributed by atoms with Crippen LogP contribution in [0.5, 0.6) is 0 Å². The molecule has 46 valence electrons. The molecule has 0 aromatic heterocycles. The summed E-state index contributed by atoms with van der Waals surface area (Å²) in [5.74, 6) is 0. The molecule has 7 heavy (non-hydrogen) atoms. The van der Waals surface area contributed by atoms with Crippen molar-refractivity contribution in [3.05, 3.63) is 0 Å². The van der Waals surface area contributed by atoms with E-state index < -0.39 is 0 Å². The highest BCUT2D eigenvalue weighted by Crippen LogP contribution is 2.04. The predicted octanol–water partition coefficient (Wildman–Crippen LogP) is 0.798. The maximum Gasteiger partial charge on any atom is 0.0102 e. The third-order valence-electron chi connectivity index (χ3n) is 0.698. The Morgan fingerprint density at radius 1 is 1.00 bits per heavy atom. The van der Waals surface area contributed by atoms with Crippen molar-refractivity contribution in [2.24, 2.45) is 0 Å². The summed E-state index contributed by atoms with van der Waals surface area (Å²) in [5, 5.41) is 0.821. The van der Waals surface area contributed by atoms with E-state index in [1.165, 1.54) is 0 Å². The molecule has 0 aromatic carbocycles. The van der Waals surface area contributed by atoms with Gasteiger partial charge in [-0.3, -0.25) is 0 Å². The first-order chi connectivity index (χ1) is 2.64. The molecule has 0 amide bonds. The van der Waals surface area contributed by atoms with E-state index in [0.29, 0.717) is 10.5 Å². The highest BCUT2D eigenvalue weighted by Gasteiger charge is 1.97. The molecule has 2 unspecified atom stereocenters. The van der Waals surface area contributed by atoms with Gasteiger partial charge in [-0.2, -0.15) is 25.3 Å². The van der Waals surface area contributed by atoms with E-state index in [1.807, 2.05) is 13.8 Å². The van der Waals surface area contributed by atoms with E-state index in [4.69, 9.17) is 0 Å². The van der Waals surface area contributed by atoms with Gasteiger partial charge in [0.05, 0.1) is 0 Å². The maximum absolute atomic E-state index is 4.12. The topological polar surface area (TPSA) is 31.5 Å². The highest BCUT2D eigenvalue weighted by molar-refractivity contribution is 7.85. The number of rotatable bonds is 1. The largest absolute Gasteiger partial charge is 0.412 e. The first kappa shape index (κ1) is 10.6. The van der Waals surface area contributed by atoms with Crippen LogP contribution in [0.1, 0.15) is 13.8 Å². The second kappa shape index (κ2) is 4.81. The van der Waals surface area contributed by atoms with E-state index >= 15 is 0 Å². The second-order valence-corrected chi connectivity index (χ2v) is 3.11. The summed E-state index contributed by atoms with van der Waals surface area (Å²) >= 11 is 8.23. The van der Waals surface area contributed by atoms with Crippen LogP contribution >= 0.6 is 25.3 Å². The minimum Gasteiger partial charge on any atom is -0.412 e. The molecule has 0 aliphatic heterocycles. The van der Waals surface area contributed by atoms with E-state index in [9.17, 15) is 0 Å². The van der Waals surface area contributed by atoms with Gasteiger partial charge in [0, 0.05) is 10.5 Å². The maximum atomic E-state index is 4.12. The van der Waals surface area contributed by atoms with Crippen molar-refractivity contribution in [1.29, 1.82) is 0 Å². The Bertz CT molecular complexity index is 30.7. The van der Waals surface area contributed by atoms with Crippen molar-refractivity contribution >= 4 is 25.3 Å². The summed E-state index contributed by atoms with van der Waals surface area (Å²) in [6.45, 7) is 4.06. The van der Waals surface area contributed by atoms with E-state index in [2.05, 4.69) is 25.3 Å². The molecule has 0 bridgehead atoms. The average molecular weight is 140 g/mol. The van der Waals surface area contributed by atoms with Gasteiger partial charge in [0.25, 0.3) is 0 Å². The van der Waals surface area contributed by atoms with Gasteiger partial charge in [-0.15, -0.1) is 0 Å². The van der Waals surface area contributed by atoms with Crippen LogP contribution in [-0.2, 0) is 0 Å². The van der Waals surface area contributed by atoms with Crippen LogP contribution in [0.3, 0.4) is 0 Å². The zero-order chi connectivity index (χ0) is 5.15. The average Bonchev–Trinajstić information content (AvgIpc) is 1.36. The first-order valence-electron chi connectivity index (χ1n) is 2.00. The molecule has 2 atom stereocenters. The van der Waals surface area contributed by atoms with Gasteiger partial charge in [-0.25, -0.2) is 0 Å². The van der Waals surface area contributed by atoms with Crippen LogP contribution in [0.15, 0.2) is 0 Å². The minimum atomic E-state index is 0. The van der Waals surface area contributed by atoms with Crippen molar-refractivity contribution in [3.63, 3.8) is 0 Å². The van der Waals surface area contributed by atoms with Crippen LogP contribution in [0.4, 0.5) is 0 Å². The van der Waals surface area contributed by atoms with Crippen LogP contribution in [-0.4, -0.2) is 16.0 Å². The second-order valence-electron chi connectivity index (χ2n) is 1.48. The Balaban J connectivity index is 0. The molecule has 0 heterocycles. The van der Waals surface area contributed by atoms with E-state index in [-0.39, 0.29) is 5.48 Å².